The number of ether oxygens (including phenoxy) is 1. The third-order valence-corrected chi connectivity index (χ3v) is 7.01. The van der Waals surface area contributed by atoms with Gasteiger partial charge in [-0.25, -0.2) is 4.39 Å². The Morgan fingerprint density at radius 1 is 1.12 bits per heavy atom. The number of carbonyl (C=O) groups is 2. The molecule has 2 aliphatic rings. The maximum absolute atomic E-state index is 13.7. The van der Waals surface area contributed by atoms with Gasteiger partial charge >= 0.3 is 0 Å². The molecule has 1 fully saturated rings. The quantitative estimate of drug-likeness (QED) is 0.584. The molecular weight excluding hydrogens is 431 g/mol. The molecule has 6 heteroatoms. The van der Waals surface area contributed by atoms with Gasteiger partial charge in [-0.2, -0.15) is 0 Å². The molecule has 0 saturated heterocycles. The number of fused-ring (bicyclic) bond motifs is 1. The maximum atomic E-state index is 13.7. The van der Waals surface area contributed by atoms with Crippen LogP contribution in [0.4, 0.5) is 4.39 Å². The van der Waals surface area contributed by atoms with Crippen LogP contribution in [-0.2, 0) is 16.0 Å². The number of hydrogen-bond donors (Lipinski definition) is 1. The Bertz CT molecular complexity index is 1000. The average molecular weight is 467 g/mol. The first-order chi connectivity index (χ1) is 16.5. The molecule has 1 N–H and O–H groups in total. The minimum absolute atomic E-state index is 0.0654. The predicted molar refractivity (Wildman–Crippen MR) is 130 cm³/mol. The Morgan fingerprint density at radius 3 is 2.53 bits per heavy atom. The summed E-state index contributed by atoms with van der Waals surface area (Å²) in [6.45, 7) is 5.20. The first-order valence-electron chi connectivity index (χ1n) is 12.6. The molecule has 2 amide bonds. The number of benzene rings is 2. The van der Waals surface area contributed by atoms with Crippen molar-refractivity contribution in [3.63, 3.8) is 0 Å². The van der Waals surface area contributed by atoms with Gasteiger partial charge in [0.05, 0.1) is 6.04 Å². The van der Waals surface area contributed by atoms with E-state index in [1.54, 1.807) is 12.1 Å². The lowest BCUT2D eigenvalue weighted by molar-refractivity contribution is -0.137. The first-order valence-corrected chi connectivity index (χ1v) is 12.6. The van der Waals surface area contributed by atoms with E-state index in [1.165, 1.54) is 12.1 Å². The highest BCUT2D eigenvalue weighted by atomic mass is 19.1. The summed E-state index contributed by atoms with van der Waals surface area (Å²) in [5.41, 5.74) is 3.03. The summed E-state index contributed by atoms with van der Waals surface area (Å²) >= 11 is 0. The van der Waals surface area contributed by atoms with Gasteiger partial charge in [-0.15, -0.1) is 0 Å². The van der Waals surface area contributed by atoms with Crippen LogP contribution in [0.5, 0.6) is 5.75 Å². The van der Waals surface area contributed by atoms with Crippen LogP contribution in [0.25, 0.3) is 0 Å². The van der Waals surface area contributed by atoms with Crippen molar-refractivity contribution in [2.24, 2.45) is 5.92 Å². The molecule has 182 valence electrons. The second-order valence-corrected chi connectivity index (χ2v) is 9.38. The minimum Gasteiger partial charge on any atom is -0.481 e. The van der Waals surface area contributed by atoms with E-state index in [2.05, 4.69) is 5.32 Å². The van der Waals surface area contributed by atoms with E-state index >= 15 is 0 Å². The molecule has 34 heavy (non-hydrogen) atoms. The summed E-state index contributed by atoms with van der Waals surface area (Å²) in [5, 5.41) is 2.91. The van der Waals surface area contributed by atoms with Crippen LogP contribution in [0.3, 0.4) is 0 Å². The van der Waals surface area contributed by atoms with Gasteiger partial charge in [0, 0.05) is 19.0 Å². The fourth-order valence-electron chi connectivity index (χ4n) is 5.16. The molecule has 0 unspecified atom stereocenters. The maximum Gasteiger partial charge on any atom is 0.261 e. The van der Waals surface area contributed by atoms with Gasteiger partial charge in [0.15, 0.2) is 6.10 Å². The van der Waals surface area contributed by atoms with Crippen LogP contribution in [0.15, 0.2) is 42.5 Å². The van der Waals surface area contributed by atoms with E-state index in [4.69, 9.17) is 4.74 Å². The first kappa shape index (κ1) is 24.2. The van der Waals surface area contributed by atoms with Crippen LogP contribution in [0.1, 0.15) is 75.1 Å². The van der Waals surface area contributed by atoms with Gasteiger partial charge in [0.1, 0.15) is 11.6 Å². The van der Waals surface area contributed by atoms with Crippen LogP contribution < -0.4 is 10.1 Å². The lowest BCUT2D eigenvalue weighted by Crippen LogP contribution is -2.43. The zero-order valence-corrected chi connectivity index (χ0v) is 20.2. The summed E-state index contributed by atoms with van der Waals surface area (Å²) in [6.07, 6.45) is 5.68. The normalized spacial score (nSPS) is 18.9. The summed E-state index contributed by atoms with van der Waals surface area (Å²) in [6, 6.07) is 12.1. The molecule has 4 rings (SSSR count). The number of carbonyl (C=O) groups excluding carboxylic acids is 2. The Hall–Kier alpha value is -2.89. The fraction of sp³-hybridized carbons (Fsp3) is 0.500. The zero-order chi connectivity index (χ0) is 24.1. The van der Waals surface area contributed by atoms with Gasteiger partial charge in [0.2, 0.25) is 5.91 Å². The number of amides is 2. The third kappa shape index (κ3) is 5.26. The molecule has 1 saturated carbocycles. The zero-order valence-electron chi connectivity index (χ0n) is 20.2. The van der Waals surface area contributed by atoms with Gasteiger partial charge in [-0.05, 0) is 73.1 Å². The third-order valence-electron chi connectivity index (χ3n) is 7.01. The van der Waals surface area contributed by atoms with Crippen molar-refractivity contribution < 1.29 is 18.7 Å². The largest absolute Gasteiger partial charge is 0.481 e. The average Bonchev–Trinajstić information content (AvgIpc) is 3.40. The Morgan fingerprint density at radius 2 is 1.85 bits per heavy atom. The Labute approximate surface area is 201 Å². The standard InChI is InChI=1S/C28H35FN2O3/c1-3-16-30-27(32)25(4-2)34-23-14-11-19-15-17-31(28(33)21-7-5-6-8-21)26(24(19)18-23)20-9-12-22(29)13-10-20/h9-14,18,21,25-26H,3-8,15-17H2,1-2H3,(H,30,32)/t25-,26-/m0/s1. The van der Waals surface area contributed by atoms with Crippen LogP contribution >= 0.6 is 0 Å². The second-order valence-electron chi connectivity index (χ2n) is 9.38. The van der Waals surface area contributed by atoms with Crippen LogP contribution in [-0.4, -0.2) is 35.9 Å². The van der Waals surface area contributed by atoms with Crippen LogP contribution in [0.2, 0.25) is 0 Å². The highest BCUT2D eigenvalue weighted by Gasteiger charge is 2.36. The summed E-state index contributed by atoms with van der Waals surface area (Å²) in [7, 11) is 0. The lowest BCUT2D eigenvalue weighted by atomic mass is 9.87. The Kier molecular flexibility index (Phi) is 7.86. The van der Waals surface area contributed by atoms with Crippen molar-refractivity contribution in [1.82, 2.24) is 10.2 Å². The van der Waals surface area contributed by atoms with Crippen molar-refractivity contribution in [3.05, 3.63) is 65.0 Å². The Balaban J connectivity index is 1.67. The molecular formula is C28H35FN2O3. The number of nitrogens with one attached hydrogen (secondary N) is 1. The van der Waals surface area contributed by atoms with Crippen LogP contribution in [0, 0.1) is 11.7 Å². The molecule has 2 atom stereocenters. The molecule has 0 aromatic heterocycles. The summed E-state index contributed by atoms with van der Waals surface area (Å²) in [5.74, 6) is 0.453. The molecule has 2 aromatic rings. The number of nitrogens with zero attached hydrogens (tertiary/aromatic N) is 1. The van der Waals surface area contributed by atoms with Crippen molar-refractivity contribution >= 4 is 11.8 Å². The number of rotatable bonds is 8. The van der Waals surface area contributed by atoms with E-state index in [9.17, 15) is 14.0 Å². The van der Waals surface area contributed by atoms with E-state index in [0.717, 1.165) is 55.2 Å². The summed E-state index contributed by atoms with van der Waals surface area (Å²) < 4.78 is 19.8. The lowest BCUT2D eigenvalue weighted by Gasteiger charge is -2.39. The predicted octanol–water partition coefficient (Wildman–Crippen LogP) is 5.17. The van der Waals surface area contributed by atoms with E-state index < -0.39 is 6.10 Å². The van der Waals surface area contributed by atoms with Crippen molar-refractivity contribution in [2.45, 2.75) is 70.9 Å². The highest BCUT2D eigenvalue weighted by molar-refractivity contribution is 5.81. The van der Waals surface area contributed by atoms with Gasteiger partial charge < -0.3 is 15.0 Å². The molecule has 5 nitrogen and oxygen atoms in total. The molecule has 0 spiro atoms. The summed E-state index contributed by atoms with van der Waals surface area (Å²) in [4.78, 5) is 28.0. The number of hydrogen-bond acceptors (Lipinski definition) is 3. The molecule has 2 aromatic carbocycles. The van der Waals surface area contributed by atoms with Gasteiger partial charge in [-0.1, -0.05) is 44.9 Å². The smallest absolute Gasteiger partial charge is 0.261 e. The van der Waals surface area contributed by atoms with Gasteiger partial charge in [-0.3, -0.25) is 9.59 Å². The van der Waals surface area contributed by atoms with Crippen molar-refractivity contribution in [1.29, 1.82) is 0 Å². The molecule has 1 aliphatic carbocycles. The SMILES string of the molecule is CCCNC(=O)[C@H](CC)Oc1ccc2c(c1)[C@H](c1ccc(F)cc1)N(C(=O)C1CCCC1)CC2. The fourth-order valence-corrected chi connectivity index (χ4v) is 5.16. The van der Waals surface area contributed by atoms with E-state index in [0.29, 0.717) is 25.3 Å². The van der Waals surface area contributed by atoms with Crippen molar-refractivity contribution in [2.75, 3.05) is 13.1 Å². The molecule has 1 aliphatic heterocycles. The monoisotopic (exact) mass is 466 g/mol. The van der Waals surface area contributed by atoms with Crippen molar-refractivity contribution in [3.8, 4) is 5.75 Å². The van der Waals surface area contributed by atoms with E-state index in [-0.39, 0.29) is 29.6 Å². The highest BCUT2D eigenvalue weighted by Crippen LogP contribution is 2.40. The topological polar surface area (TPSA) is 58.6 Å². The second kappa shape index (κ2) is 11.0. The van der Waals surface area contributed by atoms with E-state index in [1.807, 2.05) is 36.9 Å². The molecule has 1 heterocycles. The molecule has 0 bridgehead atoms. The van der Waals surface area contributed by atoms with Gasteiger partial charge in [0.25, 0.3) is 5.91 Å². The minimum atomic E-state index is -0.575. The number of halogens is 1. The molecule has 0 radical (unpaired) electrons.